The quantitative estimate of drug-likeness (QED) is 0.710. The van der Waals surface area contributed by atoms with E-state index in [9.17, 15) is 9.59 Å². The summed E-state index contributed by atoms with van der Waals surface area (Å²) in [5.41, 5.74) is 2.61. The van der Waals surface area contributed by atoms with Crippen molar-refractivity contribution in [1.29, 1.82) is 0 Å². The van der Waals surface area contributed by atoms with Gasteiger partial charge in [-0.3, -0.25) is 14.2 Å². The number of nitrogens with one attached hydrogen (secondary N) is 1. The van der Waals surface area contributed by atoms with Crippen LogP contribution in [0, 0.1) is 6.92 Å². The molecule has 0 bridgehead atoms. The summed E-state index contributed by atoms with van der Waals surface area (Å²) in [4.78, 5) is 29.0. The molecule has 28 heavy (non-hydrogen) atoms. The van der Waals surface area contributed by atoms with Gasteiger partial charge in [0, 0.05) is 19.5 Å². The fraction of sp³-hybridized carbons (Fsp3) is 0.286. The first kappa shape index (κ1) is 18.0. The van der Waals surface area contributed by atoms with Crippen molar-refractivity contribution in [3.05, 3.63) is 64.2 Å². The van der Waals surface area contributed by atoms with Gasteiger partial charge in [-0.25, -0.2) is 4.98 Å². The van der Waals surface area contributed by atoms with Gasteiger partial charge in [0.1, 0.15) is 0 Å². The molecule has 4 rings (SSSR count). The summed E-state index contributed by atoms with van der Waals surface area (Å²) in [6.07, 6.45) is 2.43. The number of rotatable bonds is 6. The molecule has 2 heterocycles. The van der Waals surface area contributed by atoms with E-state index in [1.165, 1.54) is 10.9 Å². The number of carbonyl (C=O) groups is 1. The lowest BCUT2D eigenvalue weighted by Gasteiger charge is -2.09. The molecule has 144 valence electrons. The third-order valence-electron chi connectivity index (χ3n) is 4.81. The first-order chi connectivity index (χ1) is 13.6. The van der Waals surface area contributed by atoms with Gasteiger partial charge in [0.25, 0.3) is 5.56 Å². The van der Waals surface area contributed by atoms with E-state index >= 15 is 0 Å². The highest BCUT2D eigenvalue weighted by molar-refractivity contribution is 5.80. The Kier molecular flexibility index (Phi) is 4.97. The summed E-state index contributed by atoms with van der Waals surface area (Å²) in [5, 5.41) is 3.46. The van der Waals surface area contributed by atoms with Crippen molar-refractivity contribution >= 4 is 16.8 Å². The number of ether oxygens (including phenoxy) is 2. The number of carbonyl (C=O) groups excluding carboxylic acids is 1. The van der Waals surface area contributed by atoms with Gasteiger partial charge in [0.2, 0.25) is 12.7 Å². The monoisotopic (exact) mass is 379 g/mol. The maximum Gasteiger partial charge on any atom is 0.261 e. The van der Waals surface area contributed by atoms with Gasteiger partial charge in [-0.1, -0.05) is 18.2 Å². The summed E-state index contributed by atoms with van der Waals surface area (Å²) >= 11 is 0. The Labute approximate surface area is 161 Å². The Hall–Kier alpha value is -3.35. The molecule has 0 radical (unpaired) electrons. The van der Waals surface area contributed by atoms with E-state index in [0.29, 0.717) is 30.4 Å². The van der Waals surface area contributed by atoms with Gasteiger partial charge in [0.05, 0.1) is 17.2 Å². The van der Waals surface area contributed by atoms with Crippen molar-refractivity contribution in [2.45, 2.75) is 26.3 Å². The Morgan fingerprint density at radius 3 is 2.96 bits per heavy atom. The predicted molar refractivity (Wildman–Crippen MR) is 105 cm³/mol. The number of benzene rings is 2. The van der Waals surface area contributed by atoms with Crippen LogP contribution in [0.25, 0.3) is 10.9 Å². The highest BCUT2D eigenvalue weighted by atomic mass is 16.7. The molecule has 1 aliphatic heterocycles. The summed E-state index contributed by atoms with van der Waals surface area (Å²) < 4.78 is 12.1. The van der Waals surface area contributed by atoms with Crippen LogP contribution in [0.1, 0.15) is 17.5 Å². The first-order valence-corrected chi connectivity index (χ1v) is 9.22. The molecule has 7 nitrogen and oxygen atoms in total. The molecule has 1 aliphatic rings. The van der Waals surface area contributed by atoms with Crippen molar-refractivity contribution in [3.8, 4) is 11.5 Å². The normalized spacial score (nSPS) is 12.3. The zero-order valence-electron chi connectivity index (χ0n) is 15.6. The third-order valence-corrected chi connectivity index (χ3v) is 4.81. The van der Waals surface area contributed by atoms with Crippen LogP contribution in [0.4, 0.5) is 0 Å². The minimum absolute atomic E-state index is 0.100. The maximum atomic E-state index is 12.6. The van der Waals surface area contributed by atoms with E-state index in [1.807, 2.05) is 37.3 Å². The molecule has 1 amide bonds. The molecule has 1 N–H and O–H groups in total. The van der Waals surface area contributed by atoms with Crippen molar-refractivity contribution in [2.75, 3.05) is 13.3 Å². The second-order valence-electron chi connectivity index (χ2n) is 6.75. The number of fused-ring (bicyclic) bond motifs is 2. The molecule has 0 saturated carbocycles. The second-order valence-corrected chi connectivity index (χ2v) is 6.75. The number of aryl methyl sites for hydroxylation is 2. The average Bonchev–Trinajstić information content (AvgIpc) is 3.16. The lowest BCUT2D eigenvalue weighted by atomic mass is 10.1. The number of nitrogens with zero attached hydrogens (tertiary/aromatic N) is 2. The summed E-state index contributed by atoms with van der Waals surface area (Å²) in [7, 11) is 0. The van der Waals surface area contributed by atoms with E-state index in [-0.39, 0.29) is 24.7 Å². The number of hydrogen-bond acceptors (Lipinski definition) is 5. The van der Waals surface area contributed by atoms with Crippen LogP contribution in [0.15, 0.2) is 47.5 Å². The molecule has 3 aromatic rings. The number of amides is 1. The van der Waals surface area contributed by atoms with Gasteiger partial charge >= 0.3 is 0 Å². The van der Waals surface area contributed by atoms with Crippen molar-refractivity contribution in [3.63, 3.8) is 0 Å². The molecule has 0 unspecified atom stereocenters. The molecular formula is C21H21N3O4. The SMILES string of the molecule is Cc1cccc2c(=O)n(CCC(=O)NCCc3ccc4c(c3)OCO4)cnc12. The minimum Gasteiger partial charge on any atom is -0.454 e. The van der Waals surface area contributed by atoms with Crippen LogP contribution in [-0.4, -0.2) is 28.8 Å². The predicted octanol–water partition coefficient (Wildman–Crippen LogP) is 2.18. The smallest absolute Gasteiger partial charge is 0.261 e. The number of aromatic nitrogens is 2. The summed E-state index contributed by atoms with van der Waals surface area (Å²) in [6.45, 7) is 2.99. The van der Waals surface area contributed by atoms with Gasteiger partial charge in [0.15, 0.2) is 11.5 Å². The van der Waals surface area contributed by atoms with Crippen LogP contribution in [0.3, 0.4) is 0 Å². The van der Waals surface area contributed by atoms with Crippen LogP contribution >= 0.6 is 0 Å². The lowest BCUT2D eigenvalue weighted by Crippen LogP contribution is -2.29. The van der Waals surface area contributed by atoms with Crippen LogP contribution in [-0.2, 0) is 17.8 Å². The summed E-state index contributed by atoms with van der Waals surface area (Å²) in [6, 6.07) is 11.3. The molecule has 0 atom stereocenters. The number of hydrogen-bond donors (Lipinski definition) is 1. The minimum atomic E-state index is -0.123. The molecule has 0 spiro atoms. The average molecular weight is 379 g/mol. The zero-order valence-corrected chi connectivity index (χ0v) is 15.6. The molecular weight excluding hydrogens is 358 g/mol. The number of para-hydroxylation sites is 1. The fourth-order valence-electron chi connectivity index (χ4n) is 3.25. The molecule has 0 fully saturated rings. The van der Waals surface area contributed by atoms with E-state index in [0.717, 1.165) is 22.6 Å². The highest BCUT2D eigenvalue weighted by Crippen LogP contribution is 2.32. The van der Waals surface area contributed by atoms with E-state index < -0.39 is 0 Å². The summed E-state index contributed by atoms with van der Waals surface area (Å²) in [5.74, 6) is 1.39. The van der Waals surface area contributed by atoms with Crippen molar-refractivity contribution < 1.29 is 14.3 Å². The van der Waals surface area contributed by atoms with Crippen molar-refractivity contribution in [2.24, 2.45) is 0 Å². The molecule has 1 aromatic heterocycles. The highest BCUT2D eigenvalue weighted by Gasteiger charge is 2.13. The molecule has 7 heteroatoms. The topological polar surface area (TPSA) is 82.5 Å². The van der Waals surface area contributed by atoms with Crippen molar-refractivity contribution in [1.82, 2.24) is 14.9 Å². The van der Waals surface area contributed by atoms with Gasteiger partial charge < -0.3 is 14.8 Å². The van der Waals surface area contributed by atoms with Crippen LogP contribution in [0.2, 0.25) is 0 Å². The lowest BCUT2D eigenvalue weighted by molar-refractivity contribution is -0.121. The Bertz CT molecular complexity index is 1090. The van der Waals surface area contributed by atoms with Gasteiger partial charge in [-0.15, -0.1) is 0 Å². The molecule has 0 saturated heterocycles. The Balaban J connectivity index is 1.30. The van der Waals surface area contributed by atoms with Crippen LogP contribution in [0.5, 0.6) is 11.5 Å². The first-order valence-electron chi connectivity index (χ1n) is 9.22. The van der Waals surface area contributed by atoms with E-state index in [1.54, 1.807) is 6.07 Å². The van der Waals surface area contributed by atoms with Crippen LogP contribution < -0.4 is 20.3 Å². The fourth-order valence-corrected chi connectivity index (χ4v) is 3.25. The van der Waals surface area contributed by atoms with E-state index in [2.05, 4.69) is 10.3 Å². The maximum absolute atomic E-state index is 12.6. The van der Waals surface area contributed by atoms with E-state index in [4.69, 9.17) is 9.47 Å². The standard InChI is InChI=1S/C21H21N3O4/c1-14-3-2-4-16-20(14)23-12-24(21(16)26)10-8-19(25)22-9-7-15-5-6-17-18(11-15)28-13-27-17/h2-6,11-12H,7-10,13H2,1H3,(H,22,25). The Morgan fingerprint density at radius 1 is 1.21 bits per heavy atom. The Morgan fingerprint density at radius 2 is 2.07 bits per heavy atom. The largest absolute Gasteiger partial charge is 0.454 e. The zero-order chi connectivity index (χ0) is 19.5. The second kappa shape index (κ2) is 7.72. The van der Waals surface area contributed by atoms with Gasteiger partial charge in [-0.05, 0) is 42.7 Å². The molecule has 0 aliphatic carbocycles. The van der Waals surface area contributed by atoms with Gasteiger partial charge in [-0.2, -0.15) is 0 Å². The third kappa shape index (κ3) is 3.69. The molecule has 2 aromatic carbocycles.